The highest BCUT2D eigenvalue weighted by molar-refractivity contribution is 7.63. The Balaban J connectivity index is 0.000000257. The number of hydrogen-bond acceptors (Lipinski definition) is 7. The van der Waals surface area contributed by atoms with Crippen molar-refractivity contribution in [2.24, 2.45) is 0 Å². The highest BCUT2D eigenvalue weighted by atomic mass is 35.5. The molecule has 0 amide bonds. The number of nitrogens with zero attached hydrogens (tertiary/aromatic N) is 2. The number of carbonyl (C=O) groups is 1. The second-order valence-corrected chi connectivity index (χ2v) is 15.4. The molecule has 2 aromatic carbocycles. The number of fused-ring (bicyclic) bond motifs is 4. The summed E-state index contributed by atoms with van der Waals surface area (Å²) in [5.74, 6) is -1.42. The Labute approximate surface area is 318 Å². The summed E-state index contributed by atoms with van der Waals surface area (Å²) < 4.78 is 73.8. The molecule has 2 heterocycles. The molecule has 2 aromatic rings. The lowest BCUT2D eigenvalue weighted by atomic mass is 10.1. The number of aryl methyl sites for hydroxylation is 2. The van der Waals surface area contributed by atoms with Crippen LogP contribution in [0, 0.1) is 13.8 Å². The third-order valence-corrected chi connectivity index (χ3v) is 10.2. The predicted molar refractivity (Wildman–Crippen MR) is 200 cm³/mol. The van der Waals surface area contributed by atoms with Crippen LogP contribution in [0.2, 0.25) is 0 Å². The van der Waals surface area contributed by atoms with Gasteiger partial charge < -0.3 is 40.2 Å². The van der Waals surface area contributed by atoms with E-state index >= 15 is 0 Å². The van der Waals surface area contributed by atoms with Crippen LogP contribution in [0.15, 0.2) is 87.7 Å². The van der Waals surface area contributed by atoms with Crippen molar-refractivity contribution in [3.8, 4) is 22.6 Å². The van der Waals surface area contributed by atoms with Gasteiger partial charge in [-0.3, -0.25) is 4.57 Å². The lowest BCUT2D eigenvalue weighted by Gasteiger charge is -2.26. The van der Waals surface area contributed by atoms with Gasteiger partial charge in [-0.25, -0.2) is 9.15 Å². The summed E-state index contributed by atoms with van der Waals surface area (Å²) in [6, 6.07) is 26.5. The van der Waals surface area contributed by atoms with E-state index in [9.17, 15) is 17.7 Å². The van der Waals surface area contributed by atoms with Gasteiger partial charge >= 0.3 is 13.8 Å². The average Bonchev–Trinajstić information content (AvgIpc) is 3.04. The normalized spacial score (nSPS) is 11.6. The molecule has 0 radical (unpaired) electrons. The van der Waals surface area contributed by atoms with E-state index < -0.39 is 19.7 Å². The van der Waals surface area contributed by atoms with Crippen LogP contribution in [0.25, 0.3) is 44.6 Å². The number of carboxylic acid groups (broad SMARTS) is 1. The zero-order valence-corrected chi connectivity index (χ0v) is 33.5. The number of carboxylic acids is 1. The number of benzene rings is 4. The van der Waals surface area contributed by atoms with E-state index in [0.717, 1.165) is 49.5 Å². The maximum absolute atomic E-state index is 14.1. The number of carbonyl (C=O) groups excluding carboxylic acids is 1. The molecular formula is C40H45ClF3N2O7P. The summed E-state index contributed by atoms with van der Waals surface area (Å²) in [5, 5.41) is 13.4. The monoisotopic (exact) mass is 788 g/mol. The van der Waals surface area contributed by atoms with E-state index in [2.05, 4.69) is 54.0 Å². The van der Waals surface area contributed by atoms with Crippen molar-refractivity contribution in [1.29, 1.82) is 0 Å². The van der Waals surface area contributed by atoms with Crippen molar-refractivity contribution in [2.45, 2.75) is 59.9 Å². The molecule has 0 saturated carbocycles. The van der Waals surface area contributed by atoms with Crippen molar-refractivity contribution in [3.63, 3.8) is 0 Å². The van der Waals surface area contributed by atoms with Crippen LogP contribution >= 0.6 is 7.60 Å². The molecular weight excluding hydrogens is 744 g/mol. The molecule has 54 heavy (non-hydrogen) atoms. The van der Waals surface area contributed by atoms with Crippen LogP contribution in [0.4, 0.5) is 13.2 Å². The summed E-state index contributed by atoms with van der Waals surface area (Å²) in [4.78, 5) is 8.78. The Hall–Kier alpha value is -4.48. The molecule has 14 heteroatoms. The first kappa shape index (κ1) is 43.9. The summed E-state index contributed by atoms with van der Waals surface area (Å²) in [6.07, 6.45) is -5.70. The third kappa shape index (κ3) is 10.8. The Bertz CT molecular complexity index is 2380. The second kappa shape index (κ2) is 17.8. The van der Waals surface area contributed by atoms with Crippen LogP contribution in [0.1, 0.15) is 38.8 Å². The highest BCUT2D eigenvalue weighted by Gasteiger charge is 2.37. The molecule has 0 saturated heterocycles. The molecule has 9 nitrogen and oxygen atoms in total. The van der Waals surface area contributed by atoms with Gasteiger partial charge in [0.1, 0.15) is 56.8 Å². The number of alkyl halides is 3. The third-order valence-electron chi connectivity index (χ3n) is 7.77. The van der Waals surface area contributed by atoms with Gasteiger partial charge in [-0.15, -0.1) is 0 Å². The molecule has 0 aromatic heterocycles. The lowest BCUT2D eigenvalue weighted by Crippen LogP contribution is -3.00. The van der Waals surface area contributed by atoms with E-state index in [1.165, 1.54) is 5.56 Å². The zero-order valence-electron chi connectivity index (χ0n) is 31.9. The molecule has 0 spiro atoms. The first-order valence-corrected chi connectivity index (χ1v) is 18.4. The molecule has 2 aliphatic heterocycles. The summed E-state index contributed by atoms with van der Waals surface area (Å²) in [6.45, 7) is 11.5. The van der Waals surface area contributed by atoms with Gasteiger partial charge in [0.25, 0.3) is 0 Å². The van der Waals surface area contributed by atoms with Crippen molar-refractivity contribution < 1.29 is 57.9 Å². The first-order valence-electron chi connectivity index (χ1n) is 16.9. The second-order valence-electron chi connectivity index (χ2n) is 13.5. The standard InChI is InChI=1S/C22H29NO4P.C16H16NO.C2HF3O2.ClH/c1-14(2)26-28(24,27-15(3)4)22-18-10-8-16(5)12-20(18)25-21-13-17(23(6)7)9-11-19(21)22;1-11-4-5-12-9-13-6-7-14(17(2)3)10-16(13)18-15(12)8-11;3-2(4,5)1(6)7;/h8-15H,1-7H3;4-10H,1-3H3;(H,6,7);1H/q2*+1;;/p-2. The quantitative estimate of drug-likeness (QED) is 0.149. The molecule has 0 bridgehead atoms. The molecule has 290 valence electrons. The lowest BCUT2D eigenvalue weighted by molar-refractivity contribution is -0.344. The Morgan fingerprint density at radius 1 is 0.722 bits per heavy atom. The van der Waals surface area contributed by atoms with E-state index in [-0.39, 0.29) is 24.6 Å². The van der Waals surface area contributed by atoms with E-state index in [1.54, 1.807) is 0 Å². The summed E-state index contributed by atoms with van der Waals surface area (Å²) in [7, 11) is 4.41. The molecule has 2 aliphatic carbocycles. The first-order chi connectivity index (χ1) is 24.7. The van der Waals surface area contributed by atoms with Crippen molar-refractivity contribution in [3.05, 3.63) is 101 Å². The Morgan fingerprint density at radius 2 is 1.20 bits per heavy atom. The number of hydrogen-bond donors (Lipinski definition) is 0. The fourth-order valence-corrected chi connectivity index (χ4v) is 7.70. The number of aliphatic carboxylic acids is 1. The maximum Gasteiger partial charge on any atom is 0.430 e. The fourth-order valence-electron chi connectivity index (χ4n) is 5.37. The van der Waals surface area contributed by atoms with Crippen molar-refractivity contribution >= 4 is 40.8 Å². The van der Waals surface area contributed by atoms with Gasteiger partial charge in [0.05, 0.1) is 29.6 Å². The minimum Gasteiger partial charge on any atom is -1.00 e. The Kier molecular flexibility index (Phi) is 14.5. The largest absolute Gasteiger partial charge is 1.00 e. The molecule has 0 N–H and O–H groups in total. The molecule has 4 aliphatic rings. The van der Waals surface area contributed by atoms with Crippen LogP contribution < -0.4 is 42.7 Å². The SMILES string of the molecule is Cc1ccc2c(P(=O)(OC(C)C)OC(C)C)c3ccc(=[N+](C)C)cc-3oc2c1.Cc1ccc2cc3ccc(=[N+](C)C)cc-3oc2c1.O=C([O-])C(F)(F)F.[Cl-]. The van der Waals surface area contributed by atoms with Gasteiger partial charge in [0.15, 0.2) is 0 Å². The maximum atomic E-state index is 14.1. The zero-order chi connectivity index (χ0) is 39.4. The van der Waals surface area contributed by atoms with E-state index in [4.69, 9.17) is 27.8 Å². The van der Waals surface area contributed by atoms with Crippen LogP contribution in [0.5, 0.6) is 0 Å². The minimum atomic E-state index is -5.19. The van der Waals surface area contributed by atoms with Gasteiger partial charge in [0.2, 0.25) is 10.7 Å². The van der Waals surface area contributed by atoms with Crippen molar-refractivity contribution in [1.82, 2.24) is 9.15 Å². The van der Waals surface area contributed by atoms with Gasteiger partial charge in [-0.05, 0) is 83.0 Å². The van der Waals surface area contributed by atoms with Crippen LogP contribution in [-0.4, -0.2) is 52.5 Å². The van der Waals surface area contributed by atoms with Gasteiger partial charge in [0, 0.05) is 34.0 Å². The fraction of sp³-hybridized carbons (Fsp3) is 0.325. The van der Waals surface area contributed by atoms with E-state index in [1.807, 2.05) is 104 Å². The average molecular weight is 789 g/mol. The Morgan fingerprint density at radius 3 is 1.72 bits per heavy atom. The van der Waals surface area contributed by atoms with E-state index in [0.29, 0.717) is 16.6 Å². The minimum absolute atomic E-state index is 0. The predicted octanol–water partition coefficient (Wildman–Crippen LogP) is 3.73. The molecule has 0 unspecified atom stereocenters. The van der Waals surface area contributed by atoms with Gasteiger partial charge in [-0.2, -0.15) is 13.2 Å². The number of halogens is 4. The van der Waals surface area contributed by atoms with Crippen LogP contribution in [-0.2, 0) is 18.4 Å². The molecule has 0 atom stereocenters. The summed E-state index contributed by atoms with van der Waals surface area (Å²) >= 11 is 0. The van der Waals surface area contributed by atoms with Crippen molar-refractivity contribution in [2.75, 3.05) is 28.2 Å². The highest BCUT2D eigenvalue weighted by Crippen LogP contribution is 2.53. The molecule has 0 fully saturated rings. The topological polar surface area (TPSA) is 108 Å². The van der Waals surface area contributed by atoms with Crippen LogP contribution in [0.3, 0.4) is 0 Å². The smallest absolute Gasteiger partial charge is 0.430 e. The number of rotatable bonds is 5. The summed E-state index contributed by atoms with van der Waals surface area (Å²) in [5.41, 5.74) is 5.77. The molecule has 6 rings (SSSR count). The van der Waals surface area contributed by atoms with Gasteiger partial charge in [-0.1, -0.05) is 24.3 Å².